The minimum Gasteiger partial charge on any atom is -0.323 e. The first-order valence-electron chi connectivity index (χ1n) is 9.17. The zero-order chi connectivity index (χ0) is 22.2. The molecule has 0 unspecified atom stereocenters. The number of para-hydroxylation sites is 1. The largest absolute Gasteiger partial charge is 0.433 e. The molecule has 4 nitrogen and oxygen atoms in total. The fourth-order valence-corrected chi connectivity index (χ4v) is 4.51. The Balaban J connectivity index is 1.62. The van der Waals surface area contributed by atoms with E-state index in [-0.39, 0.29) is 44.3 Å². The van der Waals surface area contributed by atoms with Crippen molar-refractivity contribution in [2.75, 3.05) is 11.1 Å². The second kappa shape index (κ2) is 8.68. The van der Waals surface area contributed by atoms with E-state index in [1.807, 2.05) is 12.1 Å². The van der Waals surface area contributed by atoms with Crippen LogP contribution in [0.15, 0.2) is 47.6 Å². The van der Waals surface area contributed by atoms with Crippen LogP contribution in [0.2, 0.25) is 10.0 Å². The van der Waals surface area contributed by atoms with E-state index in [2.05, 4.69) is 15.3 Å². The highest BCUT2D eigenvalue weighted by molar-refractivity contribution is 7.99. The van der Waals surface area contributed by atoms with E-state index in [1.54, 1.807) is 30.3 Å². The van der Waals surface area contributed by atoms with Crippen molar-refractivity contribution >= 4 is 46.6 Å². The highest BCUT2D eigenvalue weighted by atomic mass is 35.5. The lowest BCUT2D eigenvalue weighted by molar-refractivity contribution is -0.142. The summed E-state index contributed by atoms with van der Waals surface area (Å²) in [6.07, 6.45) is -3.93. The molecule has 0 radical (unpaired) electrons. The number of nitrogens with zero attached hydrogens (tertiary/aromatic N) is 2. The smallest absolute Gasteiger partial charge is 0.323 e. The molecule has 1 heterocycles. The van der Waals surface area contributed by atoms with Crippen LogP contribution in [0, 0.1) is 0 Å². The Morgan fingerprint density at radius 1 is 1.03 bits per heavy atom. The van der Waals surface area contributed by atoms with Crippen LogP contribution in [0.1, 0.15) is 16.8 Å². The Hall–Kier alpha value is -2.29. The summed E-state index contributed by atoms with van der Waals surface area (Å²) in [6, 6.07) is 12.0. The fourth-order valence-electron chi connectivity index (χ4n) is 3.37. The topological polar surface area (TPSA) is 54.9 Å². The Morgan fingerprint density at radius 3 is 2.45 bits per heavy atom. The first kappa shape index (κ1) is 21.9. The third-order valence-corrected chi connectivity index (χ3v) is 6.21. The second-order valence-corrected chi connectivity index (χ2v) is 8.53. The molecule has 0 spiro atoms. The van der Waals surface area contributed by atoms with Crippen LogP contribution in [0.4, 0.5) is 18.9 Å². The number of anilines is 1. The zero-order valence-corrected chi connectivity index (χ0v) is 18.1. The summed E-state index contributed by atoms with van der Waals surface area (Å²) in [7, 11) is 0. The lowest BCUT2D eigenvalue weighted by atomic mass is 9.88. The molecule has 1 N–H and O–H groups in total. The van der Waals surface area contributed by atoms with Gasteiger partial charge in [0.1, 0.15) is 0 Å². The number of alkyl halides is 3. The van der Waals surface area contributed by atoms with Crippen molar-refractivity contribution in [3.63, 3.8) is 0 Å². The summed E-state index contributed by atoms with van der Waals surface area (Å²) in [5.41, 5.74) is 1.23. The van der Waals surface area contributed by atoms with E-state index in [0.29, 0.717) is 12.0 Å². The predicted molar refractivity (Wildman–Crippen MR) is 116 cm³/mol. The number of amides is 1. The van der Waals surface area contributed by atoms with Crippen LogP contribution in [0.3, 0.4) is 0 Å². The Bertz CT molecular complexity index is 1150. The Morgan fingerprint density at radius 2 is 1.74 bits per heavy atom. The number of benzene rings is 2. The second-order valence-electron chi connectivity index (χ2n) is 6.77. The number of hydrogen-bond acceptors (Lipinski definition) is 4. The minimum absolute atomic E-state index is 0.0860. The van der Waals surface area contributed by atoms with Gasteiger partial charge in [-0.1, -0.05) is 65.3 Å². The van der Waals surface area contributed by atoms with Crippen LogP contribution in [-0.2, 0) is 23.8 Å². The highest BCUT2D eigenvalue weighted by Gasteiger charge is 2.38. The van der Waals surface area contributed by atoms with Gasteiger partial charge in [0, 0.05) is 11.1 Å². The van der Waals surface area contributed by atoms with Gasteiger partial charge < -0.3 is 5.32 Å². The molecule has 0 saturated heterocycles. The van der Waals surface area contributed by atoms with Crippen molar-refractivity contribution in [1.29, 1.82) is 0 Å². The number of carbonyl (C=O) groups is 1. The summed E-state index contributed by atoms with van der Waals surface area (Å²) in [6.45, 7) is 0. The van der Waals surface area contributed by atoms with E-state index in [0.717, 1.165) is 17.3 Å². The van der Waals surface area contributed by atoms with Gasteiger partial charge in [-0.25, -0.2) is 9.97 Å². The molecule has 1 aliphatic rings. The van der Waals surface area contributed by atoms with E-state index >= 15 is 0 Å². The lowest BCUT2D eigenvalue weighted by Gasteiger charge is -2.22. The molecule has 2 aromatic carbocycles. The summed E-state index contributed by atoms with van der Waals surface area (Å²) < 4.78 is 41.1. The molecule has 4 rings (SSSR count). The van der Waals surface area contributed by atoms with Crippen LogP contribution in [-0.4, -0.2) is 21.6 Å². The third kappa shape index (κ3) is 4.66. The SMILES string of the molecule is O=C(CSc1nc2c(c(C(F)(F)F)n1)CCc1ccccc1-2)Nc1c(Cl)cccc1Cl. The normalized spacial score (nSPS) is 12.8. The molecule has 160 valence electrons. The molecular weight excluding hydrogens is 470 g/mol. The first-order chi connectivity index (χ1) is 14.7. The van der Waals surface area contributed by atoms with Gasteiger partial charge >= 0.3 is 6.18 Å². The highest BCUT2D eigenvalue weighted by Crippen LogP contribution is 2.40. The molecule has 1 aliphatic carbocycles. The molecule has 31 heavy (non-hydrogen) atoms. The number of aromatic nitrogens is 2. The standard InChI is InChI=1S/C21H14Cl2F3N3OS/c22-14-6-3-7-15(23)18(14)27-16(30)10-31-20-28-17-12-5-2-1-4-11(12)8-9-13(17)19(29-20)21(24,25)26/h1-7H,8-10H2,(H,27,30). The van der Waals surface area contributed by atoms with Gasteiger partial charge in [-0.15, -0.1) is 0 Å². The van der Waals surface area contributed by atoms with Crippen molar-refractivity contribution in [2.24, 2.45) is 0 Å². The molecule has 0 bridgehead atoms. The Labute approximate surface area is 190 Å². The summed E-state index contributed by atoms with van der Waals surface area (Å²) in [5.74, 6) is -0.700. The van der Waals surface area contributed by atoms with Crippen LogP contribution in [0.25, 0.3) is 11.3 Å². The van der Waals surface area contributed by atoms with E-state index < -0.39 is 17.8 Å². The molecule has 1 aromatic heterocycles. The molecule has 10 heteroatoms. The maximum atomic E-state index is 13.7. The van der Waals surface area contributed by atoms with Crippen LogP contribution in [0.5, 0.6) is 0 Å². The van der Waals surface area contributed by atoms with Crippen molar-refractivity contribution < 1.29 is 18.0 Å². The van der Waals surface area contributed by atoms with Crippen molar-refractivity contribution in [1.82, 2.24) is 9.97 Å². The summed E-state index contributed by atoms with van der Waals surface area (Å²) in [5, 5.41) is 2.96. The molecule has 3 aromatic rings. The number of rotatable bonds is 4. The monoisotopic (exact) mass is 483 g/mol. The Kier molecular flexibility index (Phi) is 6.14. The van der Waals surface area contributed by atoms with Gasteiger partial charge in [0.25, 0.3) is 0 Å². The molecule has 0 saturated carbocycles. The maximum Gasteiger partial charge on any atom is 0.433 e. The number of hydrogen-bond donors (Lipinski definition) is 1. The fraction of sp³-hybridized carbons (Fsp3) is 0.190. The molecule has 0 aliphatic heterocycles. The number of thioether (sulfide) groups is 1. The van der Waals surface area contributed by atoms with Gasteiger partial charge in [-0.3, -0.25) is 4.79 Å². The average Bonchev–Trinajstić information content (AvgIpc) is 2.73. The van der Waals surface area contributed by atoms with Gasteiger partial charge in [-0.05, 0) is 30.5 Å². The number of halogens is 5. The maximum absolute atomic E-state index is 13.7. The molecule has 0 atom stereocenters. The van der Waals surface area contributed by atoms with Crippen molar-refractivity contribution in [3.8, 4) is 11.3 Å². The van der Waals surface area contributed by atoms with E-state index in [4.69, 9.17) is 23.2 Å². The summed E-state index contributed by atoms with van der Waals surface area (Å²) in [4.78, 5) is 20.4. The first-order valence-corrected chi connectivity index (χ1v) is 10.9. The van der Waals surface area contributed by atoms with Gasteiger partial charge in [0.05, 0.1) is 27.2 Å². The van der Waals surface area contributed by atoms with Gasteiger partial charge in [-0.2, -0.15) is 13.2 Å². The van der Waals surface area contributed by atoms with Crippen LogP contribution >= 0.6 is 35.0 Å². The number of carbonyl (C=O) groups excluding carboxylic acids is 1. The minimum atomic E-state index is -4.62. The van der Waals surface area contributed by atoms with E-state index in [1.165, 1.54) is 0 Å². The predicted octanol–water partition coefficient (Wildman–Crippen LogP) is 6.30. The van der Waals surface area contributed by atoms with Crippen molar-refractivity contribution in [3.05, 3.63) is 69.3 Å². The molecule has 1 amide bonds. The van der Waals surface area contributed by atoms with Crippen molar-refractivity contribution in [2.45, 2.75) is 24.2 Å². The molecular formula is C21H14Cl2F3N3OS. The molecule has 0 fully saturated rings. The van der Waals surface area contributed by atoms with Gasteiger partial charge in [0.2, 0.25) is 5.91 Å². The summed E-state index contributed by atoms with van der Waals surface area (Å²) >= 11 is 12.9. The average molecular weight is 484 g/mol. The quantitative estimate of drug-likeness (QED) is 0.349. The van der Waals surface area contributed by atoms with E-state index in [9.17, 15) is 18.0 Å². The number of aryl methyl sites for hydroxylation is 1. The van der Waals surface area contributed by atoms with Crippen LogP contribution < -0.4 is 5.32 Å². The third-order valence-electron chi connectivity index (χ3n) is 4.73. The van der Waals surface area contributed by atoms with Gasteiger partial charge in [0.15, 0.2) is 10.9 Å². The lowest BCUT2D eigenvalue weighted by Crippen LogP contribution is -2.19. The zero-order valence-electron chi connectivity index (χ0n) is 15.8. The number of fused-ring (bicyclic) bond motifs is 3. The number of nitrogens with one attached hydrogen (secondary N) is 1.